The standard InChI is InChI=1S/C26H24N4O4/c1-3-33-19-13-9-17(10-14-19)27-29-23-21-7-5-6-8-22(21)24(26(32)25(23)31)30-28-18-11-15-20(16-12-18)34-4-2/h5-16,31-32H,3-4H2,1-2H3/b29-27+,30-28+. The summed E-state index contributed by atoms with van der Waals surface area (Å²) in [5.41, 5.74) is 1.43. The Kier molecular flexibility index (Phi) is 6.98. The number of nitrogens with zero attached hydrogens (tertiary/aromatic N) is 4. The zero-order valence-corrected chi connectivity index (χ0v) is 18.8. The summed E-state index contributed by atoms with van der Waals surface area (Å²) in [7, 11) is 0. The van der Waals surface area contributed by atoms with Crippen molar-refractivity contribution in [3.63, 3.8) is 0 Å². The smallest absolute Gasteiger partial charge is 0.188 e. The molecule has 0 amide bonds. The maximum absolute atomic E-state index is 10.7. The lowest BCUT2D eigenvalue weighted by Gasteiger charge is -2.10. The van der Waals surface area contributed by atoms with Gasteiger partial charge in [-0.15, -0.1) is 10.2 Å². The maximum Gasteiger partial charge on any atom is 0.188 e. The Labute approximate surface area is 196 Å². The van der Waals surface area contributed by atoms with Crippen LogP contribution in [0.15, 0.2) is 93.3 Å². The molecule has 0 bridgehead atoms. The predicted octanol–water partition coefficient (Wildman–Crippen LogP) is 7.88. The highest BCUT2D eigenvalue weighted by atomic mass is 16.5. The number of fused-ring (bicyclic) bond motifs is 1. The number of hydrogen-bond acceptors (Lipinski definition) is 8. The quantitative estimate of drug-likeness (QED) is 0.208. The molecule has 2 N–H and O–H groups in total. The third-order valence-corrected chi connectivity index (χ3v) is 4.94. The summed E-state index contributed by atoms with van der Waals surface area (Å²) in [5.74, 6) is 0.618. The number of phenols is 2. The van der Waals surface area contributed by atoms with Gasteiger partial charge in [-0.05, 0) is 62.4 Å². The number of aromatic hydroxyl groups is 2. The zero-order valence-electron chi connectivity index (χ0n) is 18.8. The Bertz CT molecular complexity index is 1230. The molecule has 0 saturated carbocycles. The second-order valence-electron chi connectivity index (χ2n) is 7.19. The number of rotatable bonds is 8. The second kappa shape index (κ2) is 10.4. The topological polar surface area (TPSA) is 108 Å². The number of benzene rings is 4. The average Bonchev–Trinajstić information content (AvgIpc) is 2.86. The molecule has 4 aromatic rings. The van der Waals surface area contributed by atoms with Gasteiger partial charge in [0.2, 0.25) is 0 Å². The molecule has 0 fully saturated rings. The first kappa shape index (κ1) is 22.7. The summed E-state index contributed by atoms with van der Waals surface area (Å²) >= 11 is 0. The van der Waals surface area contributed by atoms with E-state index < -0.39 is 11.5 Å². The molecule has 4 rings (SSSR count). The molecule has 34 heavy (non-hydrogen) atoms. The van der Waals surface area contributed by atoms with E-state index in [-0.39, 0.29) is 11.4 Å². The molecule has 0 radical (unpaired) electrons. The first-order chi connectivity index (χ1) is 16.6. The van der Waals surface area contributed by atoms with Gasteiger partial charge in [0.05, 0.1) is 24.6 Å². The Morgan fingerprint density at radius 1 is 0.559 bits per heavy atom. The molecule has 0 atom stereocenters. The van der Waals surface area contributed by atoms with Crippen molar-refractivity contribution >= 4 is 33.5 Å². The molecule has 0 unspecified atom stereocenters. The van der Waals surface area contributed by atoms with Crippen molar-refractivity contribution in [2.24, 2.45) is 20.5 Å². The van der Waals surface area contributed by atoms with E-state index in [9.17, 15) is 10.2 Å². The van der Waals surface area contributed by atoms with Gasteiger partial charge in [0.1, 0.15) is 22.9 Å². The minimum absolute atomic E-state index is 0.141. The van der Waals surface area contributed by atoms with Crippen LogP contribution < -0.4 is 9.47 Å². The van der Waals surface area contributed by atoms with Gasteiger partial charge in [0, 0.05) is 10.8 Å². The average molecular weight is 457 g/mol. The van der Waals surface area contributed by atoms with E-state index in [4.69, 9.17) is 9.47 Å². The largest absolute Gasteiger partial charge is 0.503 e. The molecule has 0 aliphatic rings. The molecule has 4 aromatic carbocycles. The van der Waals surface area contributed by atoms with Crippen molar-refractivity contribution in [1.82, 2.24) is 0 Å². The monoisotopic (exact) mass is 456 g/mol. The Morgan fingerprint density at radius 3 is 1.29 bits per heavy atom. The van der Waals surface area contributed by atoms with Crippen molar-refractivity contribution in [2.75, 3.05) is 13.2 Å². The van der Waals surface area contributed by atoms with Crippen molar-refractivity contribution in [2.45, 2.75) is 13.8 Å². The molecule has 0 spiro atoms. The minimum atomic E-state index is -0.422. The van der Waals surface area contributed by atoms with Crippen LogP contribution >= 0.6 is 0 Å². The van der Waals surface area contributed by atoms with Crippen LogP contribution in [0.1, 0.15) is 13.8 Å². The zero-order chi connectivity index (χ0) is 23.9. The van der Waals surface area contributed by atoms with Gasteiger partial charge in [0.15, 0.2) is 11.5 Å². The lowest BCUT2D eigenvalue weighted by atomic mass is 10.1. The van der Waals surface area contributed by atoms with Crippen LogP contribution in [-0.2, 0) is 0 Å². The maximum atomic E-state index is 10.7. The summed E-state index contributed by atoms with van der Waals surface area (Å²) in [5, 5.41) is 39.4. The SMILES string of the molecule is CCOc1ccc(/N=N/c2c(O)c(O)c(/N=N/c3ccc(OCC)cc3)c3ccccc23)cc1. The lowest BCUT2D eigenvalue weighted by molar-refractivity contribution is 0.340. The highest BCUT2D eigenvalue weighted by molar-refractivity contribution is 6.05. The normalized spacial score (nSPS) is 11.5. The molecule has 8 heteroatoms. The fourth-order valence-corrected chi connectivity index (χ4v) is 3.34. The predicted molar refractivity (Wildman–Crippen MR) is 131 cm³/mol. The molecule has 0 aliphatic carbocycles. The summed E-state index contributed by atoms with van der Waals surface area (Å²) < 4.78 is 10.9. The van der Waals surface area contributed by atoms with Crippen molar-refractivity contribution in [1.29, 1.82) is 0 Å². The van der Waals surface area contributed by atoms with Crippen LogP contribution in [0.5, 0.6) is 23.0 Å². The van der Waals surface area contributed by atoms with Crippen molar-refractivity contribution in [3.05, 3.63) is 72.8 Å². The van der Waals surface area contributed by atoms with E-state index in [2.05, 4.69) is 20.5 Å². The molecule has 0 heterocycles. The van der Waals surface area contributed by atoms with Crippen molar-refractivity contribution < 1.29 is 19.7 Å². The fraction of sp³-hybridized carbons (Fsp3) is 0.154. The third kappa shape index (κ3) is 4.96. The first-order valence-corrected chi connectivity index (χ1v) is 10.9. The molecule has 0 aromatic heterocycles. The molecular weight excluding hydrogens is 432 g/mol. The first-order valence-electron chi connectivity index (χ1n) is 10.9. The van der Waals surface area contributed by atoms with Gasteiger partial charge in [-0.2, -0.15) is 10.2 Å². The van der Waals surface area contributed by atoms with Crippen LogP contribution in [0.25, 0.3) is 10.8 Å². The highest BCUT2D eigenvalue weighted by Gasteiger charge is 2.19. The van der Waals surface area contributed by atoms with Gasteiger partial charge in [-0.3, -0.25) is 0 Å². The van der Waals surface area contributed by atoms with Gasteiger partial charge in [-0.25, -0.2) is 0 Å². The molecule has 172 valence electrons. The summed E-state index contributed by atoms with van der Waals surface area (Å²) in [6.45, 7) is 4.97. The number of azo groups is 2. The van der Waals surface area contributed by atoms with E-state index in [1.807, 2.05) is 26.0 Å². The third-order valence-electron chi connectivity index (χ3n) is 4.94. The number of ether oxygens (including phenoxy) is 2. The Balaban J connectivity index is 1.69. The summed E-state index contributed by atoms with van der Waals surface area (Å²) in [6, 6.07) is 21.3. The van der Waals surface area contributed by atoms with Crippen LogP contribution in [0, 0.1) is 0 Å². The van der Waals surface area contributed by atoms with E-state index in [1.165, 1.54) is 0 Å². The molecular formula is C26H24N4O4. The van der Waals surface area contributed by atoms with Gasteiger partial charge in [-0.1, -0.05) is 24.3 Å². The van der Waals surface area contributed by atoms with Crippen LogP contribution in [-0.4, -0.2) is 23.4 Å². The summed E-state index contributed by atoms with van der Waals surface area (Å²) in [6.07, 6.45) is 0. The number of hydrogen-bond donors (Lipinski definition) is 2. The Hall–Kier alpha value is -4.46. The van der Waals surface area contributed by atoms with Crippen LogP contribution in [0.3, 0.4) is 0 Å². The fourth-order valence-electron chi connectivity index (χ4n) is 3.34. The molecule has 0 aliphatic heterocycles. The minimum Gasteiger partial charge on any atom is -0.503 e. The van der Waals surface area contributed by atoms with Gasteiger partial charge >= 0.3 is 0 Å². The van der Waals surface area contributed by atoms with Crippen molar-refractivity contribution in [3.8, 4) is 23.0 Å². The summed E-state index contributed by atoms with van der Waals surface area (Å²) in [4.78, 5) is 0. The van der Waals surface area contributed by atoms with Gasteiger partial charge < -0.3 is 19.7 Å². The Morgan fingerprint density at radius 2 is 0.941 bits per heavy atom. The van der Waals surface area contributed by atoms with E-state index >= 15 is 0 Å². The van der Waals surface area contributed by atoms with E-state index in [1.54, 1.807) is 60.7 Å². The highest BCUT2D eigenvalue weighted by Crippen LogP contribution is 2.50. The van der Waals surface area contributed by atoms with Gasteiger partial charge in [0.25, 0.3) is 0 Å². The van der Waals surface area contributed by atoms with E-state index in [0.29, 0.717) is 35.4 Å². The van der Waals surface area contributed by atoms with E-state index in [0.717, 1.165) is 11.5 Å². The van der Waals surface area contributed by atoms with Crippen LogP contribution in [0.4, 0.5) is 22.7 Å². The lowest BCUT2D eigenvalue weighted by Crippen LogP contribution is -1.89. The second-order valence-corrected chi connectivity index (χ2v) is 7.19. The van der Waals surface area contributed by atoms with Crippen LogP contribution in [0.2, 0.25) is 0 Å². The molecule has 0 saturated heterocycles. The molecule has 8 nitrogen and oxygen atoms in total. The number of phenolic OH excluding ortho intramolecular Hbond substituents is 2.